The fourth-order valence-electron chi connectivity index (χ4n) is 6.99. The quantitative estimate of drug-likeness (QED) is 0.342. The van der Waals surface area contributed by atoms with E-state index in [1.807, 2.05) is 90.9 Å². The SMILES string of the molecule is CC(C)C(C(=O)N[C@H](C(=O)N(C)C(C(=O)N1CCC[C@H]1C(=O)N1CCC[C@H]1C(=O)NCc1ccccc1)C(C)C)C(C)C)N(C)C. The van der Waals surface area contributed by atoms with Gasteiger partial charge in [0.05, 0.1) is 6.04 Å². The molecule has 2 heterocycles. The number of likely N-dealkylation sites (N-methyl/N-ethyl adjacent to an activating group) is 2. The zero-order chi connectivity index (χ0) is 34.3. The molecule has 0 bridgehead atoms. The predicted octanol–water partition coefficient (Wildman–Crippen LogP) is 2.49. The number of hydrogen-bond acceptors (Lipinski definition) is 6. The van der Waals surface area contributed by atoms with E-state index < -0.39 is 30.2 Å². The van der Waals surface area contributed by atoms with Crippen molar-refractivity contribution in [1.82, 2.24) is 30.2 Å². The lowest BCUT2D eigenvalue weighted by molar-refractivity contribution is -0.153. The number of carbonyl (C=O) groups excluding carboxylic acids is 5. The molecule has 2 unspecified atom stereocenters. The molecule has 2 saturated heterocycles. The van der Waals surface area contributed by atoms with Crippen LogP contribution in [-0.2, 0) is 30.5 Å². The van der Waals surface area contributed by atoms with Crippen LogP contribution in [0, 0.1) is 17.8 Å². The van der Waals surface area contributed by atoms with E-state index in [0.717, 1.165) is 12.0 Å². The van der Waals surface area contributed by atoms with Gasteiger partial charge in [-0.05, 0) is 63.1 Å². The van der Waals surface area contributed by atoms with Crippen LogP contribution in [0.3, 0.4) is 0 Å². The smallest absolute Gasteiger partial charge is 0.246 e. The Morgan fingerprint density at radius 3 is 1.89 bits per heavy atom. The van der Waals surface area contributed by atoms with Crippen molar-refractivity contribution >= 4 is 29.5 Å². The van der Waals surface area contributed by atoms with Crippen molar-refractivity contribution in [2.45, 2.75) is 104 Å². The molecule has 46 heavy (non-hydrogen) atoms. The van der Waals surface area contributed by atoms with Gasteiger partial charge < -0.3 is 25.3 Å². The molecule has 11 heteroatoms. The van der Waals surface area contributed by atoms with Gasteiger partial charge in [0.1, 0.15) is 24.2 Å². The molecule has 0 saturated carbocycles. The van der Waals surface area contributed by atoms with E-state index in [4.69, 9.17) is 0 Å². The zero-order valence-electron chi connectivity index (χ0n) is 29.3. The van der Waals surface area contributed by atoms with Crippen LogP contribution >= 0.6 is 0 Å². The van der Waals surface area contributed by atoms with E-state index in [1.165, 1.54) is 4.90 Å². The first-order valence-electron chi connectivity index (χ1n) is 16.8. The highest BCUT2D eigenvalue weighted by Gasteiger charge is 2.45. The molecule has 0 aromatic heterocycles. The van der Waals surface area contributed by atoms with Gasteiger partial charge in [0, 0.05) is 26.7 Å². The van der Waals surface area contributed by atoms with Crippen LogP contribution in [0.2, 0.25) is 0 Å². The number of amides is 5. The van der Waals surface area contributed by atoms with Crippen molar-refractivity contribution in [2.24, 2.45) is 17.8 Å². The summed E-state index contributed by atoms with van der Waals surface area (Å²) in [5.41, 5.74) is 0.981. The Bertz CT molecular complexity index is 1210. The Labute approximate surface area is 275 Å². The van der Waals surface area contributed by atoms with Crippen molar-refractivity contribution in [1.29, 1.82) is 0 Å². The number of benzene rings is 1. The standard InChI is InChI=1S/C35H56N6O5/c1-22(2)28(37-32(43)29(23(3)4)38(7)8)34(45)39(9)30(24(5)6)35(46)41-20-14-18-27(41)33(44)40-19-13-17-26(40)31(42)36-21-25-15-11-10-12-16-25/h10-12,15-16,22-24,26-30H,13-14,17-21H2,1-9H3,(H,36,42)(H,37,43)/t26-,27-,28-,29?,30?/m0/s1. The monoisotopic (exact) mass is 640 g/mol. The van der Waals surface area contributed by atoms with Crippen LogP contribution in [0.1, 0.15) is 72.8 Å². The summed E-state index contributed by atoms with van der Waals surface area (Å²) in [5, 5.41) is 5.94. The minimum Gasteiger partial charge on any atom is -0.350 e. The third-order valence-electron chi connectivity index (χ3n) is 9.31. The van der Waals surface area contributed by atoms with E-state index in [0.29, 0.717) is 38.9 Å². The van der Waals surface area contributed by atoms with Crippen molar-refractivity contribution in [3.63, 3.8) is 0 Å². The Morgan fingerprint density at radius 2 is 1.35 bits per heavy atom. The molecular formula is C35H56N6O5. The van der Waals surface area contributed by atoms with Gasteiger partial charge in [0.25, 0.3) is 0 Å². The molecule has 5 amide bonds. The summed E-state index contributed by atoms with van der Waals surface area (Å²) in [4.78, 5) is 75.1. The largest absolute Gasteiger partial charge is 0.350 e. The summed E-state index contributed by atoms with van der Waals surface area (Å²) < 4.78 is 0. The van der Waals surface area contributed by atoms with Gasteiger partial charge >= 0.3 is 0 Å². The van der Waals surface area contributed by atoms with Crippen LogP contribution in [0.15, 0.2) is 30.3 Å². The Morgan fingerprint density at radius 1 is 0.783 bits per heavy atom. The average molecular weight is 641 g/mol. The second-order valence-electron chi connectivity index (χ2n) is 14.1. The van der Waals surface area contributed by atoms with Crippen LogP contribution in [0.25, 0.3) is 0 Å². The summed E-state index contributed by atoms with van der Waals surface area (Å²) in [5.74, 6) is -1.67. The van der Waals surface area contributed by atoms with E-state index in [1.54, 1.807) is 16.8 Å². The maximum absolute atomic E-state index is 14.2. The van der Waals surface area contributed by atoms with E-state index in [2.05, 4.69) is 10.6 Å². The van der Waals surface area contributed by atoms with Crippen molar-refractivity contribution in [3.05, 3.63) is 35.9 Å². The Balaban J connectivity index is 1.75. The van der Waals surface area contributed by atoms with Crippen LogP contribution in [0.5, 0.6) is 0 Å². The van der Waals surface area contributed by atoms with Gasteiger partial charge in [-0.2, -0.15) is 0 Å². The van der Waals surface area contributed by atoms with Gasteiger partial charge in [-0.3, -0.25) is 28.9 Å². The van der Waals surface area contributed by atoms with Gasteiger partial charge in [0.15, 0.2) is 0 Å². The summed E-state index contributed by atoms with van der Waals surface area (Å²) in [6, 6.07) is 6.32. The Hall–Kier alpha value is -3.47. The highest BCUT2D eigenvalue weighted by molar-refractivity contribution is 5.96. The topological polar surface area (TPSA) is 122 Å². The lowest BCUT2D eigenvalue weighted by Gasteiger charge is -2.38. The van der Waals surface area contributed by atoms with Gasteiger partial charge in [-0.15, -0.1) is 0 Å². The molecule has 1 aromatic rings. The number of likely N-dealkylation sites (tertiary alicyclic amines) is 2. The minimum atomic E-state index is -0.822. The van der Waals surface area contributed by atoms with E-state index >= 15 is 0 Å². The third-order valence-corrected chi connectivity index (χ3v) is 9.31. The van der Waals surface area contributed by atoms with E-state index in [-0.39, 0.29) is 47.3 Å². The summed E-state index contributed by atoms with van der Waals surface area (Å²) in [7, 11) is 5.29. The summed E-state index contributed by atoms with van der Waals surface area (Å²) in [6.07, 6.45) is 2.46. The van der Waals surface area contributed by atoms with Gasteiger partial charge in [-0.1, -0.05) is 71.9 Å². The normalized spacial score (nSPS) is 20.3. The number of carbonyl (C=O) groups is 5. The number of nitrogens with zero attached hydrogens (tertiary/aromatic N) is 4. The second-order valence-corrected chi connectivity index (χ2v) is 14.1. The summed E-state index contributed by atoms with van der Waals surface area (Å²) >= 11 is 0. The van der Waals surface area contributed by atoms with Crippen LogP contribution in [0.4, 0.5) is 0 Å². The molecule has 256 valence electrons. The molecule has 0 radical (unpaired) electrons. The molecule has 2 N–H and O–H groups in total. The molecule has 2 fully saturated rings. The van der Waals surface area contributed by atoms with Crippen molar-refractivity contribution in [2.75, 3.05) is 34.2 Å². The summed E-state index contributed by atoms with van der Waals surface area (Å²) in [6.45, 7) is 12.7. The lowest BCUT2D eigenvalue weighted by atomic mass is 9.96. The minimum absolute atomic E-state index is 0.0374. The molecule has 2 aliphatic rings. The molecule has 11 nitrogen and oxygen atoms in total. The number of rotatable bonds is 13. The molecule has 3 rings (SSSR count). The van der Waals surface area contributed by atoms with Gasteiger partial charge in [-0.25, -0.2) is 0 Å². The molecule has 0 spiro atoms. The maximum Gasteiger partial charge on any atom is 0.246 e. The van der Waals surface area contributed by atoms with Crippen LogP contribution in [-0.4, -0.2) is 114 Å². The highest BCUT2D eigenvalue weighted by atomic mass is 16.2. The predicted molar refractivity (Wildman–Crippen MR) is 178 cm³/mol. The average Bonchev–Trinajstić information content (AvgIpc) is 3.68. The second kappa shape index (κ2) is 16.4. The number of hydrogen-bond donors (Lipinski definition) is 2. The third kappa shape index (κ3) is 8.66. The first-order valence-corrected chi connectivity index (χ1v) is 16.8. The molecule has 2 aliphatic heterocycles. The van der Waals surface area contributed by atoms with Gasteiger partial charge in [0.2, 0.25) is 29.5 Å². The van der Waals surface area contributed by atoms with Crippen molar-refractivity contribution < 1.29 is 24.0 Å². The first-order chi connectivity index (χ1) is 21.7. The number of nitrogens with one attached hydrogen (secondary N) is 2. The highest BCUT2D eigenvalue weighted by Crippen LogP contribution is 2.28. The maximum atomic E-state index is 14.2. The molecule has 1 aromatic carbocycles. The zero-order valence-corrected chi connectivity index (χ0v) is 29.3. The van der Waals surface area contributed by atoms with E-state index in [9.17, 15) is 24.0 Å². The lowest BCUT2D eigenvalue weighted by Crippen LogP contribution is -2.61. The fourth-order valence-corrected chi connectivity index (χ4v) is 6.99. The molecule has 0 aliphatic carbocycles. The first kappa shape index (κ1) is 37.0. The van der Waals surface area contributed by atoms with Crippen molar-refractivity contribution in [3.8, 4) is 0 Å². The Kier molecular flexibility index (Phi) is 13.2. The van der Waals surface area contributed by atoms with Crippen LogP contribution < -0.4 is 10.6 Å². The molecular weight excluding hydrogens is 584 g/mol. The molecule has 5 atom stereocenters. The fraction of sp³-hybridized carbons (Fsp3) is 0.686.